The molecule has 2 aromatic heterocycles. The molecule has 0 aliphatic heterocycles. The molecule has 0 atom stereocenters. The summed E-state index contributed by atoms with van der Waals surface area (Å²) in [5.41, 5.74) is 8.65. The van der Waals surface area contributed by atoms with Gasteiger partial charge in [0.1, 0.15) is 11.6 Å². The number of fused-ring (bicyclic) bond motifs is 1. The van der Waals surface area contributed by atoms with Crippen LogP contribution >= 0.6 is 0 Å². The number of nitrogens with two attached hydrogens (primary N) is 1. The van der Waals surface area contributed by atoms with Crippen molar-refractivity contribution < 1.29 is 18.7 Å². The van der Waals surface area contributed by atoms with Gasteiger partial charge in [-0.1, -0.05) is 12.1 Å². The van der Waals surface area contributed by atoms with E-state index in [0.29, 0.717) is 28.5 Å². The summed E-state index contributed by atoms with van der Waals surface area (Å²) in [6, 6.07) is 14.9. The summed E-state index contributed by atoms with van der Waals surface area (Å²) < 4.78 is 26.3. The zero-order chi connectivity index (χ0) is 21.1. The Morgan fingerprint density at radius 1 is 1.17 bits per heavy atom. The van der Waals surface area contributed by atoms with E-state index in [4.69, 9.17) is 15.2 Å². The largest absolute Gasteiger partial charge is 0.495 e. The van der Waals surface area contributed by atoms with Crippen LogP contribution < -0.4 is 20.5 Å². The monoisotopic (exact) mass is 406 g/mol. The van der Waals surface area contributed by atoms with Gasteiger partial charge < -0.3 is 24.9 Å². The number of nitrogens with one attached hydrogen (secondary N) is 1. The van der Waals surface area contributed by atoms with Crippen LogP contribution in [0.2, 0.25) is 0 Å². The van der Waals surface area contributed by atoms with Gasteiger partial charge in [-0.05, 0) is 42.5 Å². The number of pyridine rings is 1. The van der Waals surface area contributed by atoms with Crippen LogP contribution in [0.3, 0.4) is 0 Å². The Morgan fingerprint density at radius 3 is 2.77 bits per heavy atom. The Kier molecular flexibility index (Phi) is 5.21. The molecule has 0 saturated heterocycles. The van der Waals surface area contributed by atoms with Crippen molar-refractivity contribution in [3.8, 4) is 22.8 Å². The number of carbonyl (C=O) groups is 1. The van der Waals surface area contributed by atoms with Gasteiger partial charge in [-0.25, -0.2) is 9.37 Å². The molecule has 7 nitrogen and oxygen atoms in total. The number of amides is 1. The number of halogens is 1. The SMILES string of the molecule is COc1ccc(-c2cn3cccc(OCC(=O)Nc4ccccc4F)c3n2)cc1N. The lowest BCUT2D eigenvalue weighted by Gasteiger charge is -2.08. The molecular formula is C22H19FN4O3. The molecular weight excluding hydrogens is 387 g/mol. The van der Waals surface area contributed by atoms with Crippen molar-refractivity contribution in [2.75, 3.05) is 24.8 Å². The number of anilines is 2. The standard InChI is InChI=1S/C22H19FN4O3/c1-29-19-9-8-14(11-16(19)24)18-12-27-10-4-7-20(22(27)26-18)30-13-21(28)25-17-6-3-2-5-15(17)23/h2-12H,13,24H2,1H3,(H,25,28). The fourth-order valence-corrected chi connectivity index (χ4v) is 3.02. The molecule has 3 N–H and O–H groups in total. The maximum absolute atomic E-state index is 13.7. The van der Waals surface area contributed by atoms with Crippen molar-refractivity contribution in [3.63, 3.8) is 0 Å². The van der Waals surface area contributed by atoms with Gasteiger partial charge in [0.05, 0.1) is 24.2 Å². The number of ether oxygens (including phenoxy) is 2. The average molecular weight is 406 g/mol. The van der Waals surface area contributed by atoms with Gasteiger partial charge in [0, 0.05) is 18.0 Å². The zero-order valence-corrected chi connectivity index (χ0v) is 16.1. The first kappa shape index (κ1) is 19.3. The molecule has 30 heavy (non-hydrogen) atoms. The number of benzene rings is 2. The van der Waals surface area contributed by atoms with Crippen molar-refractivity contribution in [2.24, 2.45) is 0 Å². The summed E-state index contributed by atoms with van der Waals surface area (Å²) in [4.78, 5) is 16.7. The summed E-state index contributed by atoms with van der Waals surface area (Å²) in [6.07, 6.45) is 3.66. The Morgan fingerprint density at radius 2 is 2.00 bits per heavy atom. The third-order valence-electron chi connectivity index (χ3n) is 4.48. The highest BCUT2D eigenvalue weighted by Gasteiger charge is 2.13. The number of imidazole rings is 1. The van der Waals surface area contributed by atoms with Crippen LogP contribution in [0.25, 0.3) is 16.9 Å². The Hall–Kier alpha value is -4.07. The van der Waals surface area contributed by atoms with Crippen LogP contribution in [0.1, 0.15) is 0 Å². The van der Waals surface area contributed by atoms with Gasteiger partial charge in [0.15, 0.2) is 18.0 Å². The van der Waals surface area contributed by atoms with Gasteiger partial charge in [0.2, 0.25) is 0 Å². The Labute approximate surface area is 171 Å². The molecule has 0 bridgehead atoms. The van der Waals surface area contributed by atoms with E-state index in [1.165, 1.54) is 12.1 Å². The fraction of sp³-hybridized carbons (Fsp3) is 0.0909. The topological polar surface area (TPSA) is 90.9 Å². The van der Waals surface area contributed by atoms with E-state index in [9.17, 15) is 9.18 Å². The van der Waals surface area contributed by atoms with Gasteiger partial charge >= 0.3 is 0 Å². The molecule has 0 unspecified atom stereocenters. The van der Waals surface area contributed by atoms with E-state index in [1.807, 2.05) is 18.5 Å². The molecule has 152 valence electrons. The zero-order valence-electron chi connectivity index (χ0n) is 16.1. The predicted octanol–water partition coefficient (Wildman–Crippen LogP) is 3.75. The average Bonchev–Trinajstić information content (AvgIpc) is 3.19. The summed E-state index contributed by atoms with van der Waals surface area (Å²) >= 11 is 0. The highest BCUT2D eigenvalue weighted by atomic mass is 19.1. The van der Waals surface area contributed by atoms with E-state index < -0.39 is 11.7 Å². The summed E-state index contributed by atoms with van der Waals surface area (Å²) in [5, 5.41) is 2.48. The van der Waals surface area contributed by atoms with Crippen molar-refractivity contribution in [3.05, 3.63) is 72.8 Å². The molecule has 0 saturated carbocycles. The van der Waals surface area contributed by atoms with E-state index >= 15 is 0 Å². The van der Waals surface area contributed by atoms with Crippen molar-refractivity contribution in [1.82, 2.24) is 9.38 Å². The highest BCUT2D eigenvalue weighted by molar-refractivity contribution is 5.92. The number of carbonyl (C=O) groups excluding carboxylic acids is 1. The van der Waals surface area contributed by atoms with E-state index in [0.717, 1.165) is 5.56 Å². The third-order valence-corrected chi connectivity index (χ3v) is 4.48. The van der Waals surface area contributed by atoms with Gasteiger partial charge in [0.25, 0.3) is 5.91 Å². The first-order valence-electron chi connectivity index (χ1n) is 9.14. The highest BCUT2D eigenvalue weighted by Crippen LogP contribution is 2.29. The van der Waals surface area contributed by atoms with Crippen molar-refractivity contribution in [1.29, 1.82) is 0 Å². The minimum absolute atomic E-state index is 0.101. The van der Waals surface area contributed by atoms with Crippen LogP contribution in [-0.4, -0.2) is 29.0 Å². The molecule has 0 spiro atoms. The van der Waals surface area contributed by atoms with Crippen LogP contribution in [0.15, 0.2) is 67.0 Å². The molecule has 0 fully saturated rings. The maximum atomic E-state index is 13.7. The molecule has 0 aliphatic carbocycles. The molecule has 2 aromatic carbocycles. The number of aromatic nitrogens is 2. The smallest absolute Gasteiger partial charge is 0.262 e. The van der Waals surface area contributed by atoms with Crippen LogP contribution in [-0.2, 0) is 4.79 Å². The van der Waals surface area contributed by atoms with Gasteiger partial charge in [-0.2, -0.15) is 0 Å². The first-order valence-corrected chi connectivity index (χ1v) is 9.14. The van der Waals surface area contributed by atoms with E-state index in [-0.39, 0.29) is 12.3 Å². The molecule has 0 radical (unpaired) electrons. The molecule has 8 heteroatoms. The lowest BCUT2D eigenvalue weighted by molar-refractivity contribution is -0.118. The van der Waals surface area contributed by atoms with Crippen LogP contribution in [0.5, 0.6) is 11.5 Å². The number of hydrogen-bond donors (Lipinski definition) is 2. The number of para-hydroxylation sites is 1. The van der Waals surface area contributed by atoms with E-state index in [1.54, 1.807) is 47.9 Å². The number of nitrogen functional groups attached to an aromatic ring is 1. The second kappa shape index (κ2) is 8.12. The maximum Gasteiger partial charge on any atom is 0.262 e. The minimum Gasteiger partial charge on any atom is -0.495 e. The van der Waals surface area contributed by atoms with Crippen molar-refractivity contribution in [2.45, 2.75) is 0 Å². The summed E-state index contributed by atoms with van der Waals surface area (Å²) in [6.45, 7) is -0.286. The Bertz CT molecular complexity index is 1220. The molecule has 4 aromatic rings. The number of methoxy groups -OCH3 is 1. The molecule has 4 rings (SSSR count). The lowest BCUT2D eigenvalue weighted by atomic mass is 10.1. The third kappa shape index (κ3) is 3.88. The van der Waals surface area contributed by atoms with Gasteiger partial charge in [-0.3, -0.25) is 4.79 Å². The minimum atomic E-state index is -0.510. The second-order valence-electron chi connectivity index (χ2n) is 6.50. The fourth-order valence-electron chi connectivity index (χ4n) is 3.02. The number of hydrogen-bond acceptors (Lipinski definition) is 5. The molecule has 0 aliphatic rings. The van der Waals surface area contributed by atoms with E-state index in [2.05, 4.69) is 10.3 Å². The summed E-state index contributed by atoms with van der Waals surface area (Å²) in [7, 11) is 1.56. The second-order valence-corrected chi connectivity index (χ2v) is 6.50. The first-order chi connectivity index (χ1) is 14.5. The van der Waals surface area contributed by atoms with Crippen LogP contribution in [0.4, 0.5) is 15.8 Å². The Balaban J connectivity index is 1.53. The predicted molar refractivity (Wildman–Crippen MR) is 112 cm³/mol. The number of rotatable bonds is 6. The van der Waals surface area contributed by atoms with Gasteiger partial charge in [-0.15, -0.1) is 0 Å². The molecule has 2 heterocycles. The van der Waals surface area contributed by atoms with Crippen LogP contribution in [0, 0.1) is 5.82 Å². The lowest BCUT2D eigenvalue weighted by Crippen LogP contribution is -2.21. The quantitative estimate of drug-likeness (QED) is 0.476. The molecule has 1 amide bonds. The normalized spacial score (nSPS) is 10.7. The number of nitrogens with zero attached hydrogens (tertiary/aromatic N) is 2. The summed E-state index contributed by atoms with van der Waals surface area (Å²) in [5.74, 6) is 0.0303. The van der Waals surface area contributed by atoms with Crippen molar-refractivity contribution >= 4 is 22.9 Å².